The second kappa shape index (κ2) is 11.0. The highest BCUT2D eigenvalue weighted by Crippen LogP contribution is 2.21. The van der Waals surface area contributed by atoms with Crippen LogP contribution in [0.1, 0.15) is 79.0 Å². The van der Waals surface area contributed by atoms with E-state index >= 15 is 0 Å². The van der Waals surface area contributed by atoms with Gasteiger partial charge in [0.1, 0.15) is 6.33 Å². The third-order valence-corrected chi connectivity index (χ3v) is 4.50. The molecule has 0 aliphatic heterocycles. The predicted molar refractivity (Wildman–Crippen MR) is 127 cm³/mol. The maximum absolute atomic E-state index is 4.05. The second-order valence-electron chi connectivity index (χ2n) is 10.4. The fourth-order valence-electron chi connectivity index (χ4n) is 2.34. The van der Waals surface area contributed by atoms with E-state index < -0.39 is 0 Å². The highest BCUT2D eigenvalue weighted by molar-refractivity contribution is 5.19. The molecule has 0 fully saturated rings. The zero-order chi connectivity index (χ0) is 22.8. The molecule has 4 nitrogen and oxygen atoms in total. The van der Waals surface area contributed by atoms with E-state index in [1.165, 1.54) is 16.7 Å². The van der Waals surface area contributed by atoms with Gasteiger partial charge in [-0.1, -0.05) is 68.4 Å². The fourth-order valence-corrected chi connectivity index (χ4v) is 2.34. The highest BCUT2D eigenvalue weighted by Gasteiger charge is 2.13. The molecule has 0 atom stereocenters. The first-order valence-electron chi connectivity index (χ1n) is 10.4. The molecule has 0 saturated heterocycles. The van der Waals surface area contributed by atoms with Crippen molar-refractivity contribution in [2.45, 2.75) is 78.6 Å². The Morgan fingerprint density at radius 2 is 0.933 bits per heavy atom. The van der Waals surface area contributed by atoms with Gasteiger partial charge in [0, 0.05) is 37.2 Å². The second-order valence-corrected chi connectivity index (χ2v) is 10.4. The Hall–Kier alpha value is -2.62. The molecule has 0 aliphatic carbocycles. The normalized spacial score (nSPS) is 11.5. The number of aromatic nitrogens is 4. The molecule has 3 aromatic heterocycles. The quantitative estimate of drug-likeness (QED) is 0.426. The number of pyridine rings is 2. The number of rotatable bonds is 0. The lowest BCUT2D eigenvalue weighted by Crippen LogP contribution is -2.11. The molecule has 0 saturated carbocycles. The van der Waals surface area contributed by atoms with Gasteiger partial charge in [0.25, 0.3) is 0 Å². The number of hydrogen-bond donors (Lipinski definition) is 0. The average molecular weight is 407 g/mol. The van der Waals surface area contributed by atoms with E-state index in [1.54, 1.807) is 12.5 Å². The smallest absolute Gasteiger partial charge is 0.115 e. The Morgan fingerprint density at radius 3 is 1.23 bits per heavy atom. The van der Waals surface area contributed by atoms with E-state index in [1.807, 2.05) is 37.1 Å². The summed E-state index contributed by atoms with van der Waals surface area (Å²) in [4.78, 5) is 15.9. The van der Waals surface area contributed by atoms with Crippen LogP contribution in [0.4, 0.5) is 0 Å². The molecule has 4 heteroatoms. The van der Waals surface area contributed by atoms with Gasteiger partial charge in [0.15, 0.2) is 0 Å². The summed E-state index contributed by atoms with van der Waals surface area (Å²) in [6.45, 7) is 19.6. The minimum absolute atomic E-state index is 0.168. The van der Waals surface area contributed by atoms with Crippen LogP contribution < -0.4 is 0 Å². The third-order valence-electron chi connectivity index (χ3n) is 4.50. The summed E-state index contributed by atoms with van der Waals surface area (Å²) in [7, 11) is 0. The molecule has 0 aliphatic rings. The molecule has 3 aromatic rings. The first-order valence-corrected chi connectivity index (χ1v) is 10.4. The van der Waals surface area contributed by atoms with E-state index in [0.717, 1.165) is 0 Å². The number of hydrogen-bond acceptors (Lipinski definition) is 4. The molecular formula is C26H38N4. The summed E-state index contributed by atoms with van der Waals surface area (Å²) < 4.78 is 0. The third kappa shape index (κ3) is 9.73. The molecule has 162 valence electrons. The van der Waals surface area contributed by atoms with Crippen molar-refractivity contribution in [3.05, 3.63) is 84.5 Å². The van der Waals surface area contributed by atoms with Crippen LogP contribution in [0.15, 0.2) is 67.8 Å². The van der Waals surface area contributed by atoms with E-state index in [2.05, 4.69) is 100 Å². The zero-order valence-electron chi connectivity index (χ0n) is 20.1. The monoisotopic (exact) mass is 406 g/mol. The maximum atomic E-state index is 4.05. The van der Waals surface area contributed by atoms with Crippen molar-refractivity contribution in [2.24, 2.45) is 0 Å². The largest absolute Gasteiger partial charge is 0.265 e. The van der Waals surface area contributed by atoms with Crippen LogP contribution in [-0.2, 0) is 16.2 Å². The summed E-state index contributed by atoms with van der Waals surface area (Å²) in [5.74, 6) is 0. The van der Waals surface area contributed by atoms with Gasteiger partial charge >= 0.3 is 0 Å². The predicted octanol–water partition coefficient (Wildman–Crippen LogP) is 6.53. The van der Waals surface area contributed by atoms with Crippen molar-refractivity contribution in [3.63, 3.8) is 0 Å². The van der Waals surface area contributed by atoms with Crippen LogP contribution in [-0.4, -0.2) is 19.9 Å². The Kier molecular flexibility index (Phi) is 9.28. The summed E-state index contributed by atoms with van der Waals surface area (Å²) in [6.07, 6.45) is 12.6. The maximum Gasteiger partial charge on any atom is 0.115 e. The van der Waals surface area contributed by atoms with E-state index in [9.17, 15) is 0 Å². The summed E-state index contributed by atoms with van der Waals surface area (Å²) in [5.41, 5.74) is 4.45. The zero-order valence-corrected chi connectivity index (χ0v) is 20.1. The van der Waals surface area contributed by atoms with Gasteiger partial charge in [-0.05, 0) is 51.1 Å². The SMILES string of the molecule is CC(C)(C)c1cccnc1.CC(C)(C)c1ccncc1.CC(C)(C)c1cncnc1. The van der Waals surface area contributed by atoms with Crippen molar-refractivity contribution in [2.75, 3.05) is 0 Å². The van der Waals surface area contributed by atoms with Gasteiger partial charge < -0.3 is 0 Å². The minimum Gasteiger partial charge on any atom is -0.265 e. The van der Waals surface area contributed by atoms with Crippen molar-refractivity contribution >= 4 is 0 Å². The van der Waals surface area contributed by atoms with E-state index in [4.69, 9.17) is 0 Å². The van der Waals surface area contributed by atoms with Crippen LogP contribution in [0.25, 0.3) is 0 Å². The lowest BCUT2D eigenvalue weighted by atomic mass is 9.88. The highest BCUT2D eigenvalue weighted by atomic mass is 14.8. The topological polar surface area (TPSA) is 51.6 Å². The van der Waals surface area contributed by atoms with Crippen LogP contribution >= 0.6 is 0 Å². The molecule has 0 spiro atoms. The molecule has 30 heavy (non-hydrogen) atoms. The Balaban J connectivity index is 0.000000225. The fraction of sp³-hybridized carbons (Fsp3) is 0.462. The molecule has 0 radical (unpaired) electrons. The van der Waals surface area contributed by atoms with Gasteiger partial charge in [-0.15, -0.1) is 0 Å². The van der Waals surface area contributed by atoms with Gasteiger partial charge in [-0.2, -0.15) is 0 Å². The first kappa shape index (κ1) is 25.4. The molecule has 0 N–H and O–H groups in total. The van der Waals surface area contributed by atoms with Crippen molar-refractivity contribution < 1.29 is 0 Å². The Bertz CT molecular complexity index is 708. The average Bonchev–Trinajstić information content (AvgIpc) is 2.69. The molecule has 3 rings (SSSR count). The Morgan fingerprint density at radius 1 is 0.467 bits per heavy atom. The standard InChI is InChI=1S/2C9H13N.C8H12N2/c1-9(2,3)8-4-6-10-7-5-8;1-9(2,3)8-5-4-6-10-7-8;1-8(2,3)7-4-9-6-10-5-7/h2*4-7H,1-3H3;4-6H,1-3H3. The van der Waals surface area contributed by atoms with Crippen molar-refractivity contribution in [1.82, 2.24) is 19.9 Å². The van der Waals surface area contributed by atoms with Crippen LogP contribution in [0.5, 0.6) is 0 Å². The molecule has 0 aromatic carbocycles. The molecule has 0 bridgehead atoms. The summed E-state index contributed by atoms with van der Waals surface area (Å²) >= 11 is 0. The van der Waals surface area contributed by atoms with E-state index in [0.29, 0.717) is 0 Å². The van der Waals surface area contributed by atoms with Gasteiger partial charge in [-0.25, -0.2) is 9.97 Å². The van der Waals surface area contributed by atoms with Crippen LogP contribution in [0, 0.1) is 0 Å². The number of nitrogens with zero attached hydrogens (tertiary/aromatic N) is 4. The molecular weight excluding hydrogens is 368 g/mol. The summed E-state index contributed by atoms with van der Waals surface area (Å²) in [6, 6.07) is 8.19. The molecule has 0 unspecified atom stereocenters. The van der Waals surface area contributed by atoms with Crippen LogP contribution in [0.2, 0.25) is 0 Å². The Labute approximate surface area is 183 Å². The van der Waals surface area contributed by atoms with Gasteiger partial charge in [0.2, 0.25) is 0 Å². The minimum atomic E-state index is 0.168. The first-order chi connectivity index (χ1) is 13.8. The lowest BCUT2D eigenvalue weighted by molar-refractivity contribution is 0.584. The van der Waals surface area contributed by atoms with Gasteiger partial charge in [-0.3, -0.25) is 9.97 Å². The lowest BCUT2D eigenvalue weighted by Gasteiger charge is -2.17. The van der Waals surface area contributed by atoms with Crippen LogP contribution in [0.3, 0.4) is 0 Å². The van der Waals surface area contributed by atoms with E-state index in [-0.39, 0.29) is 16.2 Å². The van der Waals surface area contributed by atoms with Crippen molar-refractivity contribution in [1.29, 1.82) is 0 Å². The molecule has 0 amide bonds. The summed E-state index contributed by atoms with van der Waals surface area (Å²) in [5, 5.41) is 0. The van der Waals surface area contributed by atoms with Crippen molar-refractivity contribution in [3.8, 4) is 0 Å². The van der Waals surface area contributed by atoms with Gasteiger partial charge in [0.05, 0.1) is 0 Å². The molecule has 3 heterocycles.